The molecule has 0 unspecified atom stereocenters. The molecule has 9 heteroatoms. The molecule has 0 fully saturated rings. The third kappa shape index (κ3) is 4.62. The summed E-state index contributed by atoms with van der Waals surface area (Å²) in [5, 5.41) is 11.1. The molecule has 164 valence electrons. The second-order valence-corrected chi connectivity index (χ2v) is 7.69. The second-order valence-electron chi connectivity index (χ2n) is 7.69. The fraction of sp³-hybridized carbons (Fsp3) is 0.174. The predicted octanol–water partition coefficient (Wildman–Crippen LogP) is 5.18. The molecular formula is C23H21F3N6. The summed E-state index contributed by atoms with van der Waals surface area (Å²) in [5.41, 5.74) is 4.30. The van der Waals surface area contributed by atoms with Gasteiger partial charge < -0.3 is 10.2 Å². The first-order valence-electron chi connectivity index (χ1n) is 9.77. The molecule has 32 heavy (non-hydrogen) atoms. The van der Waals surface area contributed by atoms with Gasteiger partial charge in [-0.2, -0.15) is 18.3 Å². The summed E-state index contributed by atoms with van der Waals surface area (Å²) in [5.74, 6) is 0. The average molecular weight is 438 g/mol. The molecule has 3 aromatic heterocycles. The Labute approximate surface area is 182 Å². The molecule has 0 bridgehead atoms. The molecule has 0 aliphatic rings. The molecule has 2 N–H and O–H groups in total. The summed E-state index contributed by atoms with van der Waals surface area (Å²) in [6, 6.07) is 10.2. The zero-order valence-corrected chi connectivity index (χ0v) is 17.5. The average Bonchev–Trinajstić information content (AvgIpc) is 3.16. The van der Waals surface area contributed by atoms with Crippen LogP contribution in [-0.4, -0.2) is 39.2 Å². The maximum Gasteiger partial charge on any atom is 0.433 e. The van der Waals surface area contributed by atoms with Crippen molar-refractivity contribution in [3.8, 4) is 11.1 Å². The topological polar surface area (TPSA) is 69.7 Å². The quantitative estimate of drug-likeness (QED) is 0.434. The van der Waals surface area contributed by atoms with Gasteiger partial charge in [0.15, 0.2) is 0 Å². The molecule has 0 amide bonds. The smallest absolute Gasteiger partial charge is 0.353 e. The highest BCUT2D eigenvalue weighted by molar-refractivity contribution is 5.95. The van der Waals surface area contributed by atoms with Crippen LogP contribution in [0.15, 0.2) is 61.6 Å². The summed E-state index contributed by atoms with van der Waals surface area (Å²) in [7, 11) is 4.00. The number of hydrogen-bond donors (Lipinski definition) is 2. The van der Waals surface area contributed by atoms with Crippen LogP contribution >= 0.6 is 0 Å². The van der Waals surface area contributed by atoms with Crippen molar-refractivity contribution in [1.82, 2.24) is 25.1 Å². The summed E-state index contributed by atoms with van der Waals surface area (Å²) in [6.45, 7) is 4.78. The van der Waals surface area contributed by atoms with E-state index >= 15 is 0 Å². The highest BCUT2D eigenvalue weighted by atomic mass is 19.4. The highest BCUT2D eigenvalue weighted by Gasteiger charge is 2.32. The second kappa shape index (κ2) is 8.43. The number of nitrogens with one attached hydrogen (secondary N) is 2. The fourth-order valence-electron chi connectivity index (χ4n) is 3.39. The summed E-state index contributed by atoms with van der Waals surface area (Å²) >= 11 is 0. The molecule has 3 heterocycles. The zero-order valence-electron chi connectivity index (χ0n) is 17.5. The van der Waals surface area contributed by atoms with Gasteiger partial charge in [0, 0.05) is 29.9 Å². The first-order valence-corrected chi connectivity index (χ1v) is 9.77. The van der Waals surface area contributed by atoms with Crippen LogP contribution < -0.4 is 5.32 Å². The van der Waals surface area contributed by atoms with Crippen LogP contribution in [0.3, 0.4) is 0 Å². The van der Waals surface area contributed by atoms with Gasteiger partial charge in [-0.3, -0.25) is 10.1 Å². The number of halogens is 3. The molecule has 0 atom stereocenters. The number of aromatic amines is 1. The van der Waals surface area contributed by atoms with Gasteiger partial charge in [-0.05, 0) is 55.6 Å². The van der Waals surface area contributed by atoms with Crippen LogP contribution in [0, 0.1) is 0 Å². The van der Waals surface area contributed by atoms with E-state index in [0.29, 0.717) is 17.1 Å². The van der Waals surface area contributed by atoms with E-state index < -0.39 is 11.9 Å². The lowest BCUT2D eigenvalue weighted by Crippen LogP contribution is -2.10. The number of alkyl halides is 3. The molecule has 0 saturated heterocycles. The van der Waals surface area contributed by atoms with Crippen LogP contribution in [0.1, 0.15) is 17.0 Å². The number of H-pyrrole nitrogens is 1. The van der Waals surface area contributed by atoms with Gasteiger partial charge in [0.25, 0.3) is 0 Å². The lowest BCUT2D eigenvalue weighted by atomic mass is 10.0. The van der Waals surface area contributed by atoms with Gasteiger partial charge in [-0.1, -0.05) is 12.6 Å². The Morgan fingerprint density at radius 3 is 2.56 bits per heavy atom. The van der Waals surface area contributed by atoms with Crippen molar-refractivity contribution in [3.05, 3.63) is 78.5 Å². The van der Waals surface area contributed by atoms with Crippen LogP contribution in [0.2, 0.25) is 0 Å². The van der Waals surface area contributed by atoms with E-state index in [-0.39, 0.29) is 0 Å². The Hall–Kier alpha value is -3.72. The highest BCUT2D eigenvalue weighted by Crippen LogP contribution is 2.30. The minimum Gasteiger partial charge on any atom is -0.353 e. The number of hydrogen-bond acceptors (Lipinski definition) is 5. The van der Waals surface area contributed by atoms with Gasteiger partial charge in [0.2, 0.25) is 0 Å². The Kier molecular flexibility index (Phi) is 5.67. The number of benzene rings is 1. The Bertz CT molecular complexity index is 1260. The molecule has 0 aliphatic heterocycles. The van der Waals surface area contributed by atoms with E-state index in [2.05, 4.69) is 43.0 Å². The standard InChI is InChI=1S/C23H21F3N6/c1-14(29-18-5-7-21(28-12-18)23(24,25)26)22-19-9-16(4-6-20(19)30-31-22)17-8-15(10-27-11-17)13-32(2)3/h4-12,29H,1,13H2,2-3H3,(H,30,31). The van der Waals surface area contributed by atoms with Crippen molar-refractivity contribution >= 4 is 22.3 Å². The lowest BCUT2D eigenvalue weighted by molar-refractivity contribution is -0.141. The van der Waals surface area contributed by atoms with Crippen molar-refractivity contribution < 1.29 is 13.2 Å². The minimum atomic E-state index is -4.48. The van der Waals surface area contributed by atoms with E-state index in [1.807, 2.05) is 38.5 Å². The minimum absolute atomic E-state index is 0.385. The largest absolute Gasteiger partial charge is 0.433 e. The number of fused-ring (bicyclic) bond motifs is 1. The normalized spacial score (nSPS) is 11.8. The lowest BCUT2D eigenvalue weighted by Gasteiger charge is -2.11. The van der Waals surface area contributed by atoms with Crippen molar-refractivity contribution in [2.24, 2.45) is 0 Å². The predicted molar refractivity (Wildman–Crippen MR) is 119 cm³/mol. The third-order valence-electron chi connectivity index (χ3n) is 4.82. The Morgan fingerprint density at radius 1 is 1.06 bits per heavy atom. The van der Waals surface area contributed by atoms with Gasteiger partial charge in [-0.15, -0.1) is 0 Å². The number of anilines is 1. The molecule has 0 aliphatic carbocycles. The van der Waals surface area contributed by atoms with E-state index in [9.17, 15) is 13.2 Å². The van der Waals surface area contributed by atoms with Crippen LogP contribution in [-0.2, 0) is 12.7 Å². The Balaban J connectivity index is 1.61. The van der Waals surface area contributed by atoms with Crippen molar-refractivity contribution in [3.63, 3.8) is 0 Å². The van der Waals surface area contributed by atoms with Crippen LogP contribution in [0.25, 0.3) is 27.7 Å². The van der Waals surface area contributed by atoms with E-state index in [1.165, 1.54) is 6.07 Å². The van der Waals surface area contributed by atoms with Gasteiger partial charge >= 0.3 is 6.18 Å². The van der Waals surface area contributed by atoms with Crippen LogP contribution in [0.5, 0.6) is 0 Å². The number of pyridine rings is 2. The van der Waals surface area contributed by atoms with Crippen LogP contribution in [0.4, 0.5) is 18.9 Å². The van der Waals surface area contributed by atoms with E-state index in [4.69, 9.17) is 0 Å². The molecule has 4 rings (SSSR count). The molecule has 1 aromatic carbocycles. The first-order chi connectivity index (χ1) is 15.2. The molecular weight excluding hydrogens is 417 g/mol. The van der Waals surface area contributed by atoms with Crippen molar-refractivity contribution in [1.29, 1.82) is 0 Å². The summed E-state index contributed by atoms with van der Waals surface area (Å²) < 4.78 is 38.2. The van der Waals surface area contributed by atoms with E-state index in [1.54, 1.807) is 6.20 Å². The molecule has 4 aromatic rings. The maximum atomic E-state index is 12.7. The van der Waals surface area contributed by atoms with Gasteiger partial charge in [0.1, 0.15) is 11.4 Å². The molecule has 6 nitrogen and oxygen atoms in total. The first kappa shape index (κ1) is 21.5. The zero-order chi connectivity index (χ0) is 22.9. The molecule has 0 spiro atoms. The van der Waals surface area contributed by atoms with E-state index in [0.717, 1.165) is 46.4 Å². The maximum absolute atomic E-state index is 12.7. The SMILES string of the molecule is C=C(Nc1ccc(C(F)(F)F)nc1)c1n[nH]c2ccc(-c3cncc(CN(C)C)c3)cc12. The third-order valence-corrected chi connectivity index (χ3v) is 4.82. The van der Waals surface area contributed by atoms with Gasteiger partial charge in [0.05, 0.1) is 23.1 Å². The van der Waals surface area contributed by atoms with Crippen molar-refractivity contribution in [2.45, 2.75) is 12.7 Å². The Morgan fingerprint density at radius 2 is 1.88 bits per heavy atom. The number of nitrogens with zero attached hydrogens (tertiary/aromatic N) is 4. The number of aromatic nitrogens is 4. The fourth-order valence-corrected chi connectivity index (χ4v) is 3.39. The summed E-state index contributed by atoms with van der Waals surface area (Å²) in [6.07, 6.45) is 0.287. The van der Waals surface area contributed by atoms with Crippen molar-refractivity contribution in [2.75, 3.05) is 19.4 Å². The monoisotopic (exact) mass is 438 g/mol. The molecule has 0 radical (unpaired) electrons. The summed E-state index contributed by atoms with van der Waals surface area (Å²) in [4.78, 5) is 9.89. The number of rotatable bonds is 6. The van der Waals surface area contributed by atoms with Gasteiger partial charge in [-0.25, -0.2) is 4.98 Å². The molecule has 0 saturated carbocycles.